The number of piperidine rings is 1. The topological polar surface area (TPSA) is 49.9 Å². The lowest BCUT2D eigenvalue weighted by molar-refractivity contribution is -0.143. The molecular formula is C22H30N2O3. The minimum absolute atomic E-state index is 0.0323. The molecule has 3 rings (SSSR count). The number of carbonyl (C=O) groups excluding carboxylic acids is 2. The molecule has 1 spiro atoms. The fourth-order valence-electron chi connectivity index (χ4n) is 4.02. The molecular weight excluding hydrogens is 340 g/mol. The van der Waals surface area contributed by atoms with Crippen molar-refractivity contribution in [2.45, 2.75) is 38.7 Å². The molecule has 0 unspecified atom stereocenters. The largest absolute Gasteiger partial charge is 0.371 e. The molecule has 27 heavy (non-hydrogen) atoms. The lowest BCUT2D eigenvalue weighted by Crippen LogP contribution is -2.58. The van der Waals surface area contributed by atoms with Crippen LogP contribution in [0.3, 0.4) is 0 Å². The van der Waals surface area contributed by atoms with Crippen molar-refractivity contribution >= 4 is 11.8 Å². The Balaban J connectivity index is 1.63. The highest BCUT2D eigenvalue weighted by atomic mass is 16.5. The van der Waals surface area contributed by atoms with E-state index in [0.717, 1.165) is 24.8 Å². The molecule has 0 aliphatic carbocycles. The van der Waals surface area contributed by atoms with Crippen LogP contribution in [0, 0.1) is 5.92 Å². The molecule has 1 aromatic carbocycles. The molecule has 5 heteroatoms. The molecule has 0 bridgehead atoms. The fourth-order valence-corrected chi connectivity index (χ4v) is 4.02. The van der Waals surface area contributed by atoms with Crippen molar-refractivity contribution in [3.63, 3.8) is 0 Å². The average molecular weight is 370 g/mol. The van der Waals surface area contributed by atoms with Crippen LogP contribution in [0.15, 0.2) is 36.9 Å². The number of morpholine rings is 1. The van der Waals surface area contributed by atoms with Crippen molar-refractivity contribution in [2.75, 3.05) is 32.8 Å². The predicted molar refractivity (Wildman–Crippen MR) is 106 cm³/mol. The number of carbonyl (C=O) groups is 2. The van der Waals surface area contributed by atoms with E-state index in [0.29, 0.717) is 38.7 Å². The van der Waals surface area contributed by atoms with Gasteiger partial charge in [-0.05, 0) is 49.0 Å². The second-order valence-corrected chi connectivity index (χ2v) is 8.08. The molecule has 2 saturated heterocycles. The maximum Gasteiger partial charge on any atom is 0.254 e. The fraction of sp³-hybridized carbons (Fsp3) is 0.545. The van der Waals surface area contributed by atoms with Crippen LogP contribution in [-0.2, 0) is 16.0 Å². The number of benzene rings is 1. The van der Waals surface area contributed by atoms with E-state index in [1.807, 2.05) is 17.0 Å². The Hall–Kier alpha value is -2.14. The van der Waals surface area contributed by atoms with Crippen molar-refractivity contribution in [3.8, 4) is 0 Å². The van der Waals surface area contributed by atoms with Gasteiger partial charge in [0.1, 0.15) is 0 Å². The molecule has 0 saturated carbocycles. The van der Waals surface area contributed by atoms with Gasteiger partial charge in [0.05, 0.1) is 18.8 Å². The predicted octanol–water partition coefficient (Wildman–Crippen LogP) is 2.90. The van der Waals surface area contributed by atoms with Gasteiger partial charge in [-0.3, -0.25) is 9.59 Å². The SMILES string of the molecule is C=CC(=O)N1CCC2(CC1)CN(C(=O)c1ccc(CC(C)C)cc1)CCO2. The Morgan fingerprint density at radius 2 is 1.81 bits per heavy atom. The van der Waals surface area contributed by atoms with Gasteiger partial charge in [-0.25, -0.2) is 0 Å². The van der Waals surface area contributed by atoms with Gasteiger partial charge in [-0.2, -0.15) is 0 Å². The summed E-state index contributed by atoms with van der Waals surface area (Å²) in [5.41, 5.74) is 1.67. The molecule has 146 valence electrons. The average Bonchev–Trinajstić information content (AvgIpc) is 2.67. The highest BCUT2D eigenvalue weighted by Crippen LogP contribution is 2.31. The van der Waals surface area contributed by atoms with E-state index in [-0.39, 0.29) is 17.4 Å². The molecule has 2 heterocycles. The molecule has 0 radical (unpaired) electrons. The number of hydrogen-bond donors (Lipinski definition) is 0. The van der Waals surface area contributed by atoms with E-state index in [9.17, 15) is 9.59 Å². The van der Waals surface area contributed by atoms with E-state index < -0.39 is 0 Å². The summed E-state index contributed by atoms with van der Waals surface area (Å²) in [5, 5.41) is 0. The van der Waals surface area contributed by atoms with Crippen LogP contribution in [0.5, 0.6) is 0 Å². The summed E-state index contributed by atoms with van der Waals surface area (Å²) < 4.78 is 6.09. The smallest absolute Gasteiger partial charge is 0.254 e. The summed E-state index contributed by atoms with van der Waals surface area (Å²) >= 11 is 0. The van der Waals surface area contributed by atoms with Crippen LogP contribution in [0.1, 0.15) is 42.6 Å². The first-order valence-electron chi connectivity index (χ1n) is 9.86. The molecule has 2 amide bonds. The van der Waals surface area contributed by atoms with E-state index >= 15 is 0 Å². The lowest BCUT2D eigenvalue weighted by Gasteiger charge is -2.47. The Morgan fingerprint density at radius 3 is 2.41 bits per heavy atom. The number of ether oxygens (including phenoxy) is 1. The van der Waals surface area contributed by atoms with Crippen molar-refractivity contribution in [1.82, 2.24) is 9.80 Å². The molecule has 2 aliphatic rings. The zero-order valence-electron chi connectivity index (χ0n) is 16.4. The van der Waals surface area contributed by atoms with Crippen LogP contribution in [0.4, 0.5) is 0 Å². The quantitative estimate of drug-likeness (QED) is 0.766. The summed E-state index contributed by atoms with van der Waals surface area (Å²) in [5.74, 6) is 0.637. The van der Waals surface area contributed by atoms with E-state index in [4.69, 9.17) is 4.74 Å². The normalized spacial score (nSPS) is 19.4. The molecule has 2 aliphatic heterocycles. The van der Waals surface area contributed by atoms with Crippen LogP contribution >= 0.6 is 0 Å². The number of hydrogen-bond acceptors (Lipinski definition) is 3. The third-order valence-corrected chi connectivity index (χ3v) is 5.54. The summed E-state index contributed by atoms with van der Waals surface area (Å²) in [6.07, 6.45) is 3.89. The van der Waals surface area contributed by atoms with Gasteiger partial charge in [-0.1, -0.05) is 32.6 Å². The van der Waals surface area contributed by atoms with E-state index in [1.165, 1.54) is 11.6 Å². The van der Waals surface area contributed by atoms with Gasteiger partial charge >= 0.3 is 0 Å². The first-order chi connectivity index (χ1) is 12.9. The molecule has 1 aromatic rings. The third kappa shape index (κ3) is 4.59. The number of rotatable bonds is 4. The van der Waals surface area contributed by atoms with E-state index in [2.05, 4.69) is 32.6 Å². The number of likely N-dealkylation sites (tertiary alicyclic amines) is 1. The standard InChI is InChI=1S/C22H30N2O3/c1-4-20(25)23-11-9-22(10-12-23)16-24(13-14-27-22)21(26)19-7-5-18(6-8-19)15-17(2)3/h4-8,17H,1,9-16H2,2-3H3. The van der Waals surface area contributed by atoms with Crippen molar-refractivity contribution in [1.29, 1.82) is 0 Å². The zero-order valence-corrected chi connectivity index (χ0v) is 16.4. The first kappa shape index (κ1) is 19.6. The summed E-state index contributed by atoms with van der Waals surface area (Å²) in [6, 6.07) is 7.99. The Kier molecular flexibility index (Phi) is 6.00. The summed E-state index contributed by atoms with van der Waals surface area (Å²) in [4.78, 5) is 28.5. The zero-order chi connectivity index (χ0) is 19.4. The monoisotopic (exact) mass is 370 g/mol. The lowest BCUT2D eigenvalue weighted by atomic mass is 9.89. The molecule has 0 aromatic heterocycles. The van der Waals surface area contributed by atoms with Crippen LogP contribution in [-0.4, -0.2) is 60.0 Å². The maximum absolute atomic E-state index is 13.0. The van der Waals surface area contributed by atoms with Crippen LogP contribution in [0.25, 0.3) is 0 Å². The van der Waals surface area contributed by atoms with E-state index in [1.54, 1.807) is 4.90 Å². The second-order valence-electron chi connectivity index (χ2n) is 8.08. The Bertz CT molecular complexity index is 688. The molecule has 5 nitrogen and oxygen atoms in total. The Morgan fingerprint density at radius 1 is 1.15 bits per heavy atom. The van der Waals surface area contributed by atoms with Gasteiger partial charge in [0.15, 0.2) is 0 Å². The first-order valence-corrected chi connectivity index (χ1v) is 9.86. The Labute approximate surface area is 162 Å². The minimum Gasteiger partial charge on any atom is -0.371 e. The maximum atomic E-state index is 13.0. The van der Waals surface area contributed by atoms with Crippen molar-refractivity contribution in [3.05, 3.63) is 48.0 Å². The van der Waals surface area contributed by atoms with Gasteiger partial charge in [0, 0.05) is 25.2 Å². The van der Waals surface area contributed by atoms with Crippen LogP contribution < -0.4 is 0 Å². The molecule has 0 atom stereocenters. The van der Waals surface area contributed by atoms with Crippen molar-refractivity contribution in [2.24, 2.45) is 5.92 Å². The highest BCUT2D eigenvalue weighted by Gasteiger charge is 2.41. The van der Waals surface area contributed by atoms with Crippen molar-refractivity contribution < 1.29 is 14.3 Å². The van der Waals surface area contributed by atoms with Gasteiger partial charge in [0.25, 0.3) is 5.91 Å². The number of nitrogens with zero attached hydrogens (tertiary/aromatic N) is 2. The highest BCUT2D eigenvalue weighted by molar-refractivity contribution is 5.94. The van der Waals surface area contributed by atoms with Gasteiger partial charge < -0.3 is 14.5 Å². The second kappa shape index (κ2) is 8.26. The van der Waals surface area contributed by atoms with Gasteiger partial charge in [-0.15, -0.1) is 0 Å². The summed E-state index contributed by atoms with van der Waals surface area (Å²) in [7, 11) is 0. The number of amides is 2. The summed E-state index contributed by atoms with van der Waals surface area (Å²) in [6.45, 7) is 11.0. The molecule has 0 N–H and O–H groups in total. The molecule has 2 fully saturated rings. The minimum atomic E-state index is -0.330. The van der Waals surface area contributed by atoms with Crippen LogP contribution in [0.2, 0.25) is 0 Å². The van der Waals surface area contributed by atoms with Gasteiger partial charge in [0.2, 0.25) is 5.91 Å². The third-order valence-electron chi connectivity index (χ3n) is 5.54.